The molecule has 5 heteroatoms. The Hall–Kier alpha value is -1.10. The molecule has 98 valence electrons. The van der Waals surface area contributed by atoms with Crippen LogP contribution in [-0.4, -0.2) is 26.3 Å². The van der Waals surface area contributed by atoms with E-state index in [1.165, 1.54) is 31.9 Å². The first-order valence-electron chi connectivity index (χ1n) is 6.40. The molecule has 1 heterocycles. The first kappa shape index (κ1) is 13.3. The van der Waals surface area contributed by atoms with E-state index in [4.69, 9.17) is 5.11 Å². The van der Waals surface area contributed by atoms with E-state index in [1.54, 1.807) is 0 Å². The molecule has 1 saturated carbocycles. The fraction of sp³-hybridized carbons (Fsp3) is 0.615. The summed E-state index contributed by atoms with van der Waals surface area (Å²) in [6.45, 7) is 1.92. The van der Waals surface area contributed by atoms with E-state index in [9.17, 15) is 4.79 Å². The summed E-state index contributed by atoms with van der Waals surface area (Å²) in [5.41, 5.74) is 0.867. The van der Waals surface area contributed by atoms with Crippen LogP contribution in [0.4, 0.5) is 0 Å². The molecular formula is C13H18N2O2S. The molecule has 1 aromatic heterocycles. The predicted octanol–water partition coefficient (Wildman–Crippen LogP) is 2.91. The first-order valence-corrected chi connectivity index (χ1v) is 7.45. The molecule has 0 radical (unpaired) electrons. The van der Waals surface area contributed by atoms with Crippen LogP contribution in [0.25, 0.3) is 0 Å². The maximum absolute atomic E-state index is 11.0. The Balaban J connectivity index is 2.02. The summed E-state index contributed by atoms with van der Waals surface area (Å²) in [7, 11) is 0. The molecule has 18 heavy (non-hydrogen) atoms. The average Bonchev–Trinajstić information content (AvgIpc) is 2.88. The van der Waals surface area contributed by atoms with Gasteiger partial charge in [-0.3, -0.25) is 0 Å². The lowest BCUT2D eigenvalue weighted by molar-refractivity contribution is 0.0694. The van der Waals surface area contributed by atoms with Crippen molar-refractivity contribution in [2.24, 2.45) is 0 Å². The number of carboxylic acids is 1. The number of carbonyl (C=O) groups is 1. The van der Waals surface area contributed by atoms with Crippen molar-refractivity contribution in [1.82, 2.24) is 9.97 Å². The van der Waals surface area contributed by atoms with Crippen molar-refractivity contribution in [3.05, 3.63) is 23.3 Å². The molecule has 1 N–H and O–H groups in total. The van der Waals surface area contributed by atoms with Crippen LogP contribution in [0.5, 0.6) is 0 Å². The third kappa shape index (κ3) is 3.22. The highest BCUT2D eigenvalue weighted by molar-refractivity contribution is 7.99. The highest BCUT2D eigenvalue weighted by Crippen LogP contribution is 2.30. The quantitative estimate of drug-likeness (QED) is 0.887. The third-order valence-electron chi connectivity index (χ3n) is 3.23. The van der Waals surface area contributed by atoms with Gasteiger partial charge in [0, 0.05) is 11.4 Å². The number of aromatic nitrogens is 2. The minimum Gasteiger partial charge on any atom is -0.478 e. The molecule has 0 amide bonds. The molecule has 0 atom stereocenters. The summed E-state index contributed by atoms with van der Waals surface area (Å²) in [4.78, 5) is 19.5. The molecule has 1 aliphatic carbocycles. The number of carboxylic acid groups (broad SMARTS) is 1. The molecule has 0 bridgehead atoms. The van der Waals surface area contributed by atoms with Gasteiger partial charge in [0.15, 0.2) is 0 Å². The van der Waals surface area contributed by atoms with Crippen LogP contribution in [0, 0.1) is 0 Å². The van der Waals surface area contributed by atoms with Crippen LogP contribution in [-0.2, 0) is 12.2 Å². The van der Waals surface area contributed by atoms with Crippen LogP contribution >= 0.6 is 11.8 Å². The number of aromatic carboxylic acids is 1. The summed E-state index contributed by atoms with van der Waals surface area (Å²) >= 11 is 1.90. The molecule has 1 aromatic rings. The van der Waals surface area contributed by atoms with Crippen LogP contribution in [0.3, 0.4) is 0 Å². The van der Waals surface area contributed by atoms with Crippen molar-refractivity contribution in [3.63, 3.8) is 0 Å². The second kappa shape index (κ2) is 6.18. The normalized spacial score (nSPS) is 16.1. The smallest absolute Gasteiger partial charge is 0.339 e. The third-order valence-corrected chi connectivity index (χ3v) is 4.60. The van der Waals surface area contributed by atoms with Crippen molar-refractivity contribution < 1.29 is 9.90 Å². The molecule has 0 unspecified atom stereocenters. The van der Waals surface area contributed by atoms with Crippen molar-refractivity contribution in [3.8, 4) is 0 Å². The van der Waals surface area contributed by atoms with Gasteiger partial charge in [0.1, 0.15) is 5.82 Å². The summed E-state index contributed by atoms with van der Waals surface area (Å²) in [6, 6.07) is 0. The summed E-state index contributed by atoms with van der Waals surface area (Å²) < 4.78 is 0. The number of hydrogen-bond acceptors (Lipinski definition) is 4. The van der Waals surface area contributed by atoms with E-state index in [0.717, 1.165) is 16.8 Å². The number of rotatable bonds is 5. The van der Waals surface area contributed by atoms with Crippen molar-refractivity contribution >= 4 is 17.7 Å². The van der Waals surface area contributed by atoms with Gasteiger partial charge in [0.05, 0.1) is 17.0 Å². The van der Waals surface area contributed by atoms with Crippen LogP contribution in [0.2, 0.25) is 0 Å². The maximum Gasteiger partial charge on any atom is 0.339 e. The monoisotopic (exact) mass is 266 g/mol. The molecule has 4 nitrogen and oxygen atoms in total. The zero-order valence-corrected chi connectivity index (χ0v) is 11.4. The minimum atomic E-state index is -0.943. The highest BCUT2D eigenvalue weighted by Gasteiger charge is 2.17. The Morgan fingerprint density at radius 2 is 2.22 bits per heavy atom. The molecule has 0 saturated heterocycles. The van der Waals surface area contributed by atoms with Gasteiger partial charge < -0.3 is 5.11 Å². The van der Waals surface area contributed by atoms with E-state index in [2.05, 4.69) is 9.97 Å². The molecule has 0 aromatic carbocycles. The lowest BCUT2D eigenvalue weighted by Gasteiger charge is -2.09. The lowest BCUT2D eigenvalue weighted by atomic mass is 10.2. The topological polar surface area (TPSA) is 63.1 Å². The van der Waals surface area contributed by atoms with Crippen LogP contribution in [0.1, 0.15) is 54.5 Å². The molecular weight excluding hydrogens is 248 g/mol. The van der Waals surface area contributed by atoms with Gasteiger partial charge in [-0.25, -0.2) is 14.8 Å². The van der Waals surface area contributed by atoms with Gasteiger partial charge in [-0.05, 0) is 19.3 Å². The number of nitrogens with zero attached hydrogens (tertiary/aromatic N) is 2. The zero-order chi connectivity index (χ0) is 13.0. The second-order valence-electron chi connectivity index (χ2n) is 4.52. The Bertz CT molecular complexity index is 431. The Kier molecular flexibility index (Phi) is 4.58. The fourth-order valence-electron chi connectivity index (χ4n) is 2.22. The second-order valence-corrected chi connectivity index (χ2v) is 5.81. The standard InChI is InChI=1S/C13H18N2O2S/c1-2-11-10(13(16)17)7-14-12(15-11)8-18-9-5-3-4-6-9/h7,9H,2-6,8H2,1H3,(H,16,17). The zero-order valence-electron chi connectivity index (χ0n) is 10.6. The van der Waals surface area contributed by atoms with E-state index >= 15 is 0 Å². The van der Waals surface area contributed by atoms with E-state index in [1.807, 2.05) is 18.7 Å². The van der Waals surface area contributed by atoms with E-state index in [0.29, 0.717) is 12.1 Å². The number of thioether (sulfide) groups is 1. The summed E-state index contributed by atoms with van der Waals surface area (Å²) in [5.74, 6) is 0.605. The summed E-state index contributed by atoms with van der Waals surface area (Å²) in [6.07, 6.45) is 7.31. The maximum atomic E-state index is 11.0. The van der Waals surface area contributed by atoms with E-state index in [-0.39, 0.29) is 5.56 Å². The van der Waals surface area contributed by atoms with Crippen molar-refractivity contribution in [1.29, 1.82) is 0 Å². The van der Waals surface area contributed by atoms with Gasteiger partial charge in [-0.2, -0.15) is 11.8 Å². The number of aryl methyl sites for hydroxylation is 1. The molecule has 1 fully saturated rings. The largest absolute Gasteiger partial charge is 0.478 e. The summed E-state index contributed by atoms with van der Waals surface area (Å²) in [5, 5.41) is 9.74. The van der Waals surface area contributed by atoms with Gasteiger partial charge in [-0.1, -0.05) is 19.8 Å². The van der Waals surface area contributed by atoms with Crippen molar-refractivity contribution in [2.45, 2.75) is 50.0 Å². The molecule has 2 rings (SSSR count). The first-order chi connectivity index (χ1) is 8.70. The Labute approximate surface area is 111 Å². The molecule has 1 aliphatic rings. The predicted molar refractivity (Wildman–Crippen MR) is 71.9 cm³/mol. The van der Waals surface area contributed by atoms with Crippen LogP contribution in [0.15, 0.2) is 6.20 Å². The van der Waals surface area contributed by atoms with Gasteiger partial charge >= 0.3 is 5.97 Å². The highest BCUT2D eigenvalue weighted by atomic mass is 32.2. The van der Waals surface area contributed by atoms with Crippen molar-refractivity contribution in [2.75, 3.05) is 0 Å². The van der Waals surface area contributed by atoms with Gasteiger partial charge in [0.25, 0.3) is 0 Å². The van der Waals surface area contributed by atoms with Gasteiger partial charge in [0.2, 0.25) is 0 Å². The number of hydrogen-bond donors (Lipinski definition) is 1. The fourth-order valence-corrected chi connectivity index (χ4v) is 3.41. The Morgan fingerprint density at radius 3 is 2.83 bits per heavy atom. The van der Waals surface area contributed by atoms with Crippen LogP contribution < -0.4 is 0 Å². The Morgan fingerprint density at radius 1 is 1.50 bits per heavy atom. The minimum absolute atomic E-state index is 0.229. The average molecular weight is 266 g/mol. The molecule has 0 aliphatic heterocycles. The van der Waals surface area contributed by atoms with E-state index < -0.39 is 5.97 Å². The van der Waals surface area contributed by atoms with Gasteiger partial charge in [-0.15, -0.1) is 0 Å². The molecule has 0 spiro atoms. The lowest BCUT2D eigenvalue weighted by Crippen LogP contribution is -2.08. The SMILES string of the molecule is CCc1nc(CSC2CCCC2)ncc1C(=O)O.